The lowest BCUT2D eigenvalue weighted by atomic mass is 9.92. The van der Waals surface area contributed by atoms with E-state index in [1.807, 2.05) is 30.5 Å². The van der Waals surface area contributed by atoms with Gasteiger partial charge in [0.15, 0.2) is 5.65 Å². The standard InChI is InChI=1S/C16H18N4/c1-16(2,3)11-14-19-13-5-4-8-18-15(13)20(14)12-6-9-17-10-7-12/h4-10H,11H2,1-3H3. The molecule has 0 aliphatic heterocycles. The molecule has 102 valence electrons. The Kier molecular flexibility index (Phi) is 3.01. The molecule has 3 heterocycles. The Bertz CT molecular complexity index is 723. The predicted molar refractivity (Wildman–Crippen MR) is 79.8 cm³/mol. The van der Waals surface area contributed by atoms with E-state index in [9.17, 15) is 0 Å². The zero-order chi connectivity index (χ0) is 14.2. The van der Waals surface area contributed by atoms with Crippen LogP contribution in [0.1, 0.15) is 26.6 Å². The second-order valence-electron chi connectivity index (χ2n) is 6.15. The summed E-state index contributed by atoms with van der Waals surface area (Å²) in [4.78, 5) is 13.3. The molecule has 20 heavy (non-hydrogen) atoms. The number of aromatic nitrogens is 4. The van der Waals surface area contributed by atoms with E-state index in [1.54, 1.807) is 12.4 Å². The van der Waals surface area contributed by atoms with Gasteiger partial charge in [-0.25, -0.2) is 9.97 Å². The fourth-order valence-corrected chi connectivity index (χ4v) is 2.32. The number of hydrogen-bond donors (Lipinski definition) is 0. The molecule has 0 amide bonds. The van der Waals surface area contributed by atoms with Gasteiger partial charge in [-0.15, -0.1) is 0 Å². The highest BCUT2D eigenvalue weighted by atomic mass is 15.1. The number of fused-ring (bicyclic) bond motifs is 1. The van der Waals surface area contributed by atoms with E-state index in [2.05, 4.69) is 35.3 Å². The molecule has 0 N–H and O–H groups in total. The Morgan fingerprint density at radius 3 is 2.50 bits per heavy atom. The van der Waals surface area contributed by atoms with Crippen LogP contribution in [0.3, 0.4) is 0 Å². The van der Waals surface area contributed by atoms with Crippen LogP contribution in [0.2, 0.25) is 0 Å². The molecule has 0 saturated heterocycles. The summed E-state index contributed by atoms with van der Waals surface area (Å²) >= 11 is 0. The summed E-state index contributed by atoms with van der Waals surface area (Å²) in [7, 11) is 0. The lowest BCUT2D eigenvalue weighted by Gasteiger charge is -2.18. The highest BCUT2D eigenvalue weighted by molar-refractivity contribution is 5.73. The van der Waals surface area contributed by atoms with Crippen LogP contribution in [0.15, 0.2) is 42.9 Å². The summed E-state index contributed by atoms with van der Waals surface area (Å²) in [6.45, 7) is 6.66. The van der Waals surface area contributed by atoms with Crippen LogP contribution < -0.4 is 0 Å². The average Bonchev–Trinajstić information content (AvgIpc) is 2.75. The van der Waals surface area contributed by atoms with Crippen molar-refractivity contribution in [3.63, 3.8) is 0 Å². The van der Waals surface area contributed by atoms with Gasteiger partial charge in [0.25, 0.3) is 0 Å². The van der Waals surface area contributed by atoms with Gasteiger partial charge in [0.2, 0.25) is 0 Å². The second kappa shape index (κ2) is 4.71. The first-order valence-corrected chi connectivity index (χ1v) is 6.77. The zero-order valence-electron chi connectivity index (χ0n) is 12.0. The van der Waals surface area contributed by atoms with Crippen molar-refractivity contribution in [1.29, 1.82) is 0 Å². The Morgan fingerprint density at radius 2 is 1.80 bits per heavy atom. The number of pyridine rings is 2. The zero-order valence-corrected chi connectivity index (χ0v) is 12.0. The number of imidazole rings is 1. The van der Waals surface area contributed by atoms with Gasteiger partial charge in [-0.1, -0.05) is 20.8 Å². The van der Waals surface area contributed by atoms with Crippen molar-refractivity contribution < 1.29 is 0 Å². The molecule has 3 aromatic rings. The molecule has 4 nitrogen and oxygen atoms in total. The van der Waals surface area contributed by atoms with E-state index in [-0.39, 0.29) is 5.41 Å². The fraction of sp³-hybridized carbons (Fsp3) is 0.312. The lowest BCUT2D eigenvalue weighted by Crippen LogP contribution is -2.14. The highest BCUT2D eigenvalue weighted by Gasteiger charge is 2.19. The molecule has 3 aromatic heterocycles. The van der Waals surface area contributed by atoms with E-state index in [4.69, 9.17) is 4.98 Å². The van der Waals surface area contributed by atoms with Gasteiger partial charge in [0, 0.05) is 25.0 Å². The monoisotopic (exact) mass is 266 g/mol. The summed E-state index contributed by atoms with van der Waals surface area (Å²) in [5, 5.41) is 0. The maximum atomic E-state index is 4.75. The van der Waals surface area contributed by atoms with Gasteiger partial charge >= 0.3 is 0 Å². The first-order chi connectivity index (χ1) is 9.54. The Balaban J connectivity index is 2.24. The third-order valence-electron chi connectivity index (χ3n) is 3.09. The van der Waals surface area contributed by atoms with Crippen LogP contribution >= 0.6 is 0 Å². The van der Waals surface area contributed by atoms with Gasteiger partial charge in [0.1, 0.15) is 11.3 Å². The van der Waals surface area contributed by atoms with Crippen LogP contribution in [-0.2, 0) is 6.42 Å². The van der Waals surface area contributed by atoms with Crippen molar-refractivity contribution in [2.45, 2.75) is 27.2 Å². The summed E-state index contributed by atoms with van der Waals surface area (Å²) in [5.74, 6) is 1.04. The molecule has 0 aliphatic carbocycles. The molecule has 0 radical (unpaired) electrons. The summed E-state index contributed by atoms with van der Waals surface area (Å²) in [5.41, 5.74) is 3.06. The molecule has 4 heteroatoms. The van der Waals surface area contributed by atoms with Crippen molar-refractivity contribution in [1.82, 2.24) is 19.5 Å². The minimum atomic E-state index is 0.173. The molecule has 0 aromatic carbocycles. The van der Waals surface area contributed by atoms with Gasteiger partial charge in [-0.3, -0.25) is 9.55 Å². The van der Waals surface area contributed by atoms with E-state index in [0.29, 0.717) is 0 Å². The Hall–Kier alpha value is -2.23. The van der Waals surface area contributed by atoms with E-state index >= 15 is 0 Å². The van der Waals surface area contributed by atoms with Gasteiger partial charge < -0.3 is 0 Å². The Labute approximate surface area is 118 Å². The SMILES string of the molecule is CC(C)(C)Cc1nc2cccnc2n1-c1ccncc1. The van der Waals surface area contributed by atoms with Crippen LogP contribution in [0.5, 0.6) is 0 Å². The molecule has 0 atom stereocenters. The average molecular weight is 266 g/mol. The van der Waals surface area contributed by atoms with Gasteiger partial charge in [0.05, 0.1) is 5.69 Å². The molecule has 0 bridgehead atoms. The topological polar surface area (TPSA) is 43.6 Å². The van der Waals surface area contributed by atoms with Crippen LogP contribution in [0, 0.1) is 5.41 Å². The minimum Gasteiger partial charge on any atom is -0.281 e. The van der Waals surface area contributed by atoms with Gasteiger partial charge in [-0.2, -0.15) is 0 Å². The first-order valence-electron chi connectivity index (χ1n) is 6.77. The van der Waals surface area contributed by atoms with Crippen molar-refractivity contribution in [3.8, 4) is 5.69 Å². The van der Waals surface area contributed by atoms with Gasteiger partial charge in [-0.05, 0) is 29.7 Å². The third kappa shape index (κ3) is 2.41. The molecule has 0 saturated carbocycles. The van der Waals surface area contributed by atoms with Crippen LogP contribution in [0.4, 0.5) is 0 Å². The molecule has 0 spiro atoms. The summed E-state index contributed by atoms with van der Waals surface area (Å²) in [6, 6.07) is 7.91. The third-order valence-corrected chi connectivity index (χ3v) is 3.09. The molecule has 3 rings (SSSR count). The molecule has 0 fully saturated rings. The normalized spacial score (nSPS) is 11.9. The first kappa shape index (κ1) is 12.8. The molecule has 0 unspecified atom stereocenters. The van der Waals surface area contributed by atoms with Crippen molar-refractivity contribution in [2.75, 3.05) is 0 Å². The van der Waals surface area contributed by atoms with E-state index in [0.717, 1.165) is 29.1 Å². The highest BCUT2D eigenvalue weighted by Crippen LogP contribution is 2.25. The van der Waals surface area contributed by atoms with Crippen molar-refractivity contribution in [2.24, 2.45) is 5.41 Å². The van der Waals surface area contributed by atoms with Crippen LogP contribution in [0.25, 0.3) is 16.9 Å². The van der Waals surface area contributed by atoms with Crippen molar-refractivity contribution >= 4 is 11.2 Å². The molecular weight excluding hydrogens is 248 g/mol. The maximum Gasteiger partial charge on any atom is 0.164 e. The smallest absolute Gasteiger partial charge is 0.164 e. The minimum absolute atomic E-state index is 0.173. The van der Waals surface area contributed by atoms with Crippen molar-refractivity contribution in [3.05, 3.63) is 48.7 Å². The second-order valence-corrected chi connectivity index (χ2v) is 6.15. The fourth-order valence-electron chi connectivity index (χ4n) is 2.32. The summed E-state index contributed by atoms with van der Waals surface area (Å²) in [6.07, 6.45) is 6.30. The summed E-state index contributed by atoms with van der Waals surface area (Å²) < 4.78 is 2.13. The number of nitrogens with zero attached hydrogens (tertiary/aromatic N) is 4. The van der Waals surface area contributed by atoms with E-state index in [1.165, 1.54) is 0 Å². The largest absolute Gasteiger partial charge is 0.281 e. The molecule has 0 aliphatic rings. The Morgan fingerprint density at radius 1 is 1.05 bits per heavy atom. The van der Waals surface area contributed by atoms with E-state index < -0.39 is 0 Å². The molecular formula is C16H18N4. The van der Waals surface area contributed by atoms with Crippen LogP contribution in [-0.4, -0.2) is 19.5 Å². The predicted octanol–water partition coefficient (Wildman–Crippen LogP) is 3.40. The quantitative estimate of drug-likeness (QED) is 0.714. The number of rotatable bonds is 2. The lowest BCUT2D eigenvalue weighted by molar-refractivity contribution is 0.399. The number of hydrogen-bond acceptors (Lipinski definition) is 3. The maximum absolute atomic E-state index is 4.75.